The number of likely N-dealkylation sites (tertiary alicyclic amines) is 2. The largest absolute Gasteiger partial charge is 0.451 e. The lowest BCUT2D eigenvalue weighted by molar-refractivity contribution is -0.135. The highest BCUT2D eigenvalue weighted by Crippen LogP contribution is 2.37. The van der Waals surface area contributed by atoms with Gasteiger partial charge < -0.3 is 19.5 Å². The van der Waals surface area contributed by atoms with E-state index in [0.29, 0.717) is 43.9 Å². The van der Waals surface area contributed by atoms with Crippen LogP contribution in [0.25, 0.3) is 11.0 Å². The standard InChI is InChI=1S/C37H35ClF3N3O5S/c38-26-10-8-23(9-11-26)19-30(42-35(47)33-21-31(45)29-20-27(50-37(39,40)41)12-13-32(29)49-33)36(48)43-17-14-24(15-18-43)28-6-2-1-5-25(28)22-44-16-4-3-7-34(44)46/h1-2,5-6,8-13,20-21,24,30H,3-4,7,14-19,22H2,(H,42,47)/t30-/m1/s1. The van der Waals surface area contributed by atoms with Crippen molar-refractivity contribution < 1.29 is 32.0 Å². The Balaban J connectivity index is 1.17. The SMILES string of the molecule is O=C(N[C@H](Cc1ccc(Cl)cc1)C(=O)N1CCC(c2ccccc2CN2CCCCC2=O)CC1)c1cc(=O)c2cc(SC(F)(F)F)ccc2o1. The van der Waals surface area contributed by atoms with Crippen LogP contribution in [-0.4, -0.2) is 58.7 Å². The lowest BCUT2D eigenvalue weighted by atomic mass is 9.86. The molecule has 50 heavy (non-hydrogen) atoms. The molecule has 262 valence electrons. The molecule has 2 fully saturated rings. The van der Waals surface area contributed by atoms with Crippen molar-refractivity contribution in [2.45, 2.75) is 67.4 Å². The number of carbonyl (C=O) groups is 3. The van der Waals surface area contributed by atoms with Crippen molar-refractivity contribution in [2.24, 2.45) is 0 Å². The van der Waals surface area contributed by atoms with Gasteiger partial charge in [0.15, 0.2) is 11.2 Å². The Morgan fingerprint density at radius 3 is 2.42 bits per heavy atom. The number of fused-ring (bicyclic) bond motifs is 1. The zero-order valence-electron chi connectivity index (χ0n) is 27.0. The molecular weight excluding hydrogens is 691 g/mol. The number of amides is 3. The van der Waals surface area contributed by atoms with Crippen molar-refractivity contribution in [3.05, 3.63) is 110 Å². The fourth-order valence-corrected chi connectivity index (χ4v) is 7.38. The first-order chi connectivity index (χ1) is 23.9. The Hall–Kier alpha value is -4.29. The van der Waals surface area contributed by atoms with E-state index < -0.39 is 22.9 Å². The molecule has 2 aliphatic rings. The predicted octanol–water partition coefficient (Wildman–Crippen LogP) is 7.32. The molecule has 4 aromatic rings. The number of thioether (sulfide) groups is 1. The molecule has 0 bridgehead atoms. The van der Waals surface area contributed by atoms with E-state index in [9.17, 15) is 32.3 Å². The van der Waals surface area contributed by atoms with Crippen LogP contribution in [0.1, 0.15) is 65.3 Å². The molecule has 1 aromatic heterocycles. The second kappa shape index (κ2) is 15.3. The topological polar surface area (TPSA) is 99.9 Å². The quantitative estimate of drug-likeness (QED) is 0.182. The number of rotatable bonds is 9. The van der Waals surface area contributed by atoms with Gasteiger partial charge in [-0.25, -0.2) is 0 Å². The van der Waals surface area contributed by atoms with Gasteiger partial charge in [0.25, 0.3) is 5.91 Å². The number of carbonyl (C=O) groups excluding carboxylic acids is 3. The van der Waals surface area contributed by atoms with Gasteiger partial charge in [-0.1, -0.05) is 48.0 Å². The van der Waals surface area contributed by atoms with Gasteiger partial charge in [0.05, 0.1) is 5.39 Å². The summed E-state index contributed by atoms with van der Waals surface area (Å²) in [4.78, 5) is 56.3. The second-order valence-corrected chi connectivity index (χ2v) is 14.2. The van der Waals surface area contributed by atoms with Crippen molar-refractivity contribution in [3.63, 3.8) is 0 Å². The van der Waals surface area contributed by atoms with Gasteiger partial charge in [-0.3, -0.25) is 19.2 Å². The molecule has 2 saturated heterocycles. The van der Waals surface area contributed by atoms with Crippen molar-refractivity contribution in [1.82, 2.24) is 15.1 Å². The van der Waals surface area contributed by atoms with E-state index in [1.165, 1.54) is 11.6 Å². The average Bonchev–Trinajstić information content (AvgIpc) is 3.09. The van der Waals surface area contributed by atoms with E-state index in [2.05, 4.69) is 17.4 Å². The van der Waals surface area contributed by atoms with Crippen molar-refractivity contribution in [2.75, 3.05) is 19.6 Å². The van der Waals surface area contributed by atoms with Gasteiger partial charge in [-0.15, -0.1) is 0 Å². The van der Waals surface area contributed by atoms with E-state index in [0.717, 1.165) is 48.7 Å². The number of piperidine rings is 2. The zero-order chi connectivity index (χ0) is 35.4. The van der Waals surface area contributed by atoms with E-state index in [1.54, 1.807) is 29.2 Å². The lowest BCUT2D eigenvalue weighted by Crippen LogP contribution is -2.51. The van der Waals surface area contributed by atoms with E-state index in [-0.39, 0.29) is 57.5 Å². The highest BCUT2D eigenvalue weighted by Gasteiger charge is 2.32. The molecule has 0 radical (unpaired) electrons. The monoisotopic (exact) mass is 725 g/mol. The minimum atomic E-state index is -4.53. The summed E-state index contributed by atoms with van der Waals surface area (Å²) in [6.07, 6.45) is 4.05. The van der Waals surface area contributed by atoms with E-state index in [1.807, 2.05) is 17.0 Å². The smallest absolute Gasteiger partial charge is 0.446 e. The van der Waals surface area contributed by atoms with Crippen LogP contribution < -0.4 is 10.7 Å². The molecule has 8 nitrogen and oxygen atoms in total. The highest BCUT2D eigenvalue weighted by atomic mass is 35.5. The third-order valence-electron chi connectivity index (χ3n) is 9.20. The molecule has 0 unspecified atom stereocenters. The average molecular weight is 726 g/mol. The number of nitrogens with one attached hydrogen (secondary N) is 1. The molecule has 0 spiro atoms. The van der Waals surface area contributed by atoms with Gasteiger partial charge in [0.2, 0.25) is 11.8 Å². The van der Waals surface area contributed by atoms with Crippen LogP contribution in [0.4, 0.5) is 13.2 Å². The molecule has 6 rings (SSSR count). The van der Waals surface area contributed by atoms with Gasteiger partial charge in [-0.2, -0.15) is 13.2 Å². The lowest BCUT2D eigenvalue weighted by Gasteiger charge is -2.36. The van der Waals surface area contributed by atoms with Crippen LogP contribution in [-0.2, 0) is 22.6 Å². The first kappa shape index (κ1) is 35.5. The summed E-state index contributed by atoms with van der Waals surface area (Å²) in [5, 5.41) is 3.16. The van der Waals surface area contributed by atoms with Crippen LogP contribution in [0.3, 0.4) is 0 Å². The molecule has 3 heterocycles. The van der Waals surface area contributed by atoms with E-state index in [4.69, 9.17) is 16.0 Å². The normalized spacial score (nSPS) is 16.4. The van der Waals surface area contributed by atoms with Crippen molar-refractivity contribution >= 4 is 52.1 Å². The molecule has 1 atom stereocenters. The summed E-state index contributed by atoms with van der Waals surface area (Å²) in [6, 6.07) is 18.4. The van der Waals surface area contributed by atoms with Gasteiger partial charge in [-0.05, 0) is 90.4 Å². The fraction of sp³-hybridized carbons (Fsp3) is 0.351. The number of hydrogen-bond donors (Lipinski definition) is 1. The summed E-state index contributed by atoms with van der Waals surface area (Å²) < 4.78 is 44.3. The molecule has 3 amide bonds. The third kappa shape index (κ3) is 8.70. The summed E-state index contributed by atoms with van der Waals surface area (Å²) >= 11 is 5.72. The van der Waals surface area contributed by atoms with Crippen LogP contribution >= 0.6 is 23.4 Å². The van der Waals surface area contributed by atoms with Crippen molar-refractivity contribution in [3.8, 4) is 0 Å². The maximum absolute atomic E-state index is 14.0. The fourth-order valence-electron chi connectivity index (χ4n) is 6.67. The summed E-state index contributed by atoms with van der Waals surface area (Å²) in [7, 11) is 0. The maximum atomic E-state index is 14.0. The predicted molar refractivity (Wildman–Crippen MR) is 185 cm³/mol. The van der Waals surface area contributed by atoms with Crippen molar-refractivity contribution in [1.29, 1.82) is 0 Å². The number of halogens is 4. The van der Waals surface area contributed by atoms with Crippen LogP contribution in [0.2, 0.25) is 5.02 Å². The Bertz CT molecular complexity index is 1940. The maximum Gasteiger partial charge on any atom is 0.446 e. The van der Waals surface area contributed by atoms with Gasteiger partial charge in [0, 0.05) is 55.0 Å². The first-order valence-corrected chi connectivity index (χ1v) is 17.7. The molecule has 2 aliphatic heterocycles. The minimum absolute atomic E-state index is 0.0539. The summed E-state index contributed by atoms with van der Waals surface area (Å²) in [5.41, 5.74) is -2.23. The third-order valence-corrected chi connectivity index (χ3v) is 10.2. The molecule has 3 aromatic carbocycles. The Morgan fingerprint density at radius 1 is 0.960 bits per heavy atom. The number of benzene rings is 3. The number of hydrogen-bond acceptors (Lipinski definition) is 6. The Kier molecular flexibility index (Phi) is 10.9. The molecule has 1 N–H and O–H groups in total. The van der Waals surface area contributed by atoms with Crippen LogP contribution in [0.5, 0.6) is 0 Å². The molecular formula is C37H35ClF3N3O5S. The molecule has 0 aliphatic carbocycles. The molecule has 13 heteroatoms. The minimum Gasteiger partial charge on any atom is -0.451 e. The Labute approximate surface area is 295 Å². The van der Waals surface area contributed by atoms with Crippen LogP contribution in [0.15, 0.2) is 86.9 Å². The van der Waals surface area contributed by atoms with Crippen LogP contribution in [0, 0.1) is 0 Å². The summed E-state index contributed by atoms with van der Waals surface area (Å²) in [5.74, 6) is -1.09. The number of nitrogens with zero attached hydrogens (tertiary/aromatic N) is 2. The zero-order valence-corrected chi connectivity index (χ0v) is 28.6. The number of alkyl halides is 3. The summed E-state index contributed by atoms with van der Waals surface area (Å²) in [6.45, 7) is 2.24. The highest BCUT2D eigenvalue weighted by molar-refractivity contribution is 8.00. The Morgan fingerprint density at radius 2 is 1.70 bits per heavy atom. The van der Waals surface area contributed by atoms with E-state index >= 15 is 0 Å². The van der Waals surface area contributed by atoms with Gasteiger partial charge >= 0.3 is 5.51 Å². The van der Waals surface area contributed by atoms with Gasteiger partial charge in [0.1, 0.15) is 11.6 Å². The molecule has 0 saturated carbocycles. The first-order valence-electron chi connectivity index (χ1n) is 16.5. The second-order valence-electron chi connectivity index (χ2n) is 12.6.